The van der Waals surface area contributed by atoms with Gasteiger partial charge < -0.3 is 24.6 Å². The van der Waals surface area contributed by atoms with Gasteiger partial charge in [-0.1, -0.05) is 24.3 Å². The number of anilines is 1. The highest BCUT2D eigenvalue weighted by Crippen LogP contribution is 2.40. The highest BCUT2D eigenvalue weighted by molar-refractivity contribution is 6.15. The molecule has 0 saturated heterocycles. The topological polar surface area (TPSA) is 68.8 Å². The summed E-state index contributed by atoms with van der Waals surface area (Å²) in [5, 5.41) is 13.3. The largest absolute Gasteiger partial charge is 0.507 e. The van der Waals surface area contributed by atoms with E-state index < -0.39 is 0 Å². The second kappa shape index (κ2) is 9.73. The Morgan fingerprint density at radius 3 is 2.64 bits per heavy atom. The van der Waals surface area contributed by atoms with Gasteiger partial charge in [-0.25, -0.2) is 0 Å². The zero-order valence-electron chi connectivity index (χ0n) is 19.1. The third-order valence-corrected chi connectivity index (χ3v) is 5.86. The standard InChI is InChI=1S/C25H25N3O3.CH3Cl/c1-27(2)11-12-31-17-7-8-21-16(13-17)14-22(26-21)25(30)28-10-9-19-18-5-3-4-6-20(18)24(29)15-23(19)28;1-2/h3-8,13-15,26,29H,9-12H2,1-2H3;1H3. The van der Waals surface area contributed by atoms with E-state index in [4.69, 9.17) is 4.74 Å². The maximum atomic E-state index is 13.3. The number of nitrogens with zero attached hydrogens (tertiary/aromatic N) is 2. The summed E-state index contributed by atoms with van der Waals surface area (Å²) < 4.78 is 5.82. The summed E-state index contributed by atoms with van der Waals surface area (Å²) in [4.78, 5) is 20.4. The first-order valence-corrected chi connectivity index (χ1v) is 11.6. The highest BCUT2D eigenvalue weighted by atomic mass is 35.5. The second-order valence-electron chi connectivity index (χ2n) is 8.23. The van der Waals surface area contributed by atoms with E-state index in [-0.39, 0.29) is 11.7 Å². The molecule has 2 heterocycles. The summed E-state index contributed by atoms with van der Waals surface area (Å²) in [6.45, 7) is 2.04. The number of aromatic nitrogens is 1. The molecule has 7 heteroatoms. The predicted molar refractivity (Wildman–Crippen MR) is 135 cm³/mol. The zero-order chi connectivity index (χ0) is 23.5. The van der Waals surface area contributed by atoms with E-state index >= 15 is 0 Å². The van der Waals surface area contributed by atoms with Crippen LogP contribution in [0.3, 0.4) is 0 Å². The number of ether oxygens (including phenoxy) is 1. The molecule has 5 rings (SSSR count). The van der Waals surface area contributed by atoms with Crippen LogP contribution < -0.4 is 9.64 Å². The minimum absolute atomic E-state index is 0.0975. The number of alkyl halides is 1. The summed E-state index contributed by atoms with van der Waals surface area (Å²) >= 11 is 4.64. The molecule has 0 spiro atoms. The molecular formula is C26H28ClN3O3. The van der Waals surface area contributed by atoms with Gasteiger partial charge in [0.15, 0.2) is 0 Å². The molecule has 1 aliphatic rings. The summed E-state index contributed by atoms with van der Waals surface area (Å²) in [5.74, 6) is 0.889. The van der Waals surface area contributed by atoms with Gasteiger partial charge in [0.2, 0.25) is 0 Å². The van der Waals surface area contributed by atoms with Gasteiger partial charge in [0.1, 0.15) is 23.8 Å². The maximum absolute atomic E-state index is 13.3. The average Bonchev–Trinajstić information content (AvgIpc) is 3.44. The van der Waals surface area contributed by atoms with Gasteiger partial charge in [-0.15, -0.1) is 11.6 Å². The van der Waals surface area contributed by atoms with Crippen LogP contribution in [-0.4, -0.2) is 61.1 Å². The van der Waals surface area contributed by atoms with Crippen LogP contribution in [0.15, 0.2) is 54.6 Å². The van der Waals surface area contributed by atoms with Crippen LogP contribution in [0.2, 0.25) is 0 Å². The monoisotopic (exact) mass is 465 g/mol. The molecule has 1 aromatic heterocycles. The molecule has 0 unspecified atom stereocenters. The van der Waals surface area contributed by atoms with Crippen molar-refractivity contribution in [3.8, 4) is 11.5 Å². The molecule has 3 aromatic carbocycles. The van der Waals surface area contributed by atoms with Crippen LogP contribution in [0.1, 0.15) is 16.1 Å². The molecule has 1 aliphatic heterocycles. The average molecular weight is 466 g/mol. The normalized spacial score (nSPS) is 12.7. The molecule has 33 heavy (non-hydrogen) atoms. The number of halogens is 1. The number of carbonyl (C=O) groups is 1. The van der Waals surface area contributed by atoms with E-state index in [0.717, 1.165) is 51.6 Å². The van der Waals surface area contributed by atoms with Crippen molar-refractivity contribution in [2.24, 2.45) is 0 Å². The van der Waals surface area contributed by atoms with Crippen LogP contribution in [0, 0.1) is 0 Å². The summed E-state index contributed by atoms with van der Waals surface area (Å²) in [6.07, 6.45) is 2.24. The van der Waals surface area contributed by atoms with Crippen LogP contribution in [0.4, 0.5) is 5.69 Å². The van der Waals surface area contributed by atoms with Crippen molar-refractivity contribution < 1.29 is 14.6 Å². The van der Waals surface area contributed by atoms with Crippen LogP contribution >= 0.6 is 11.6 Å². The molecule has 0 atom stereocenters. The van der Waals surface area contributed by atoms with Crippen LogP contribution in [0.5, 0.6) is 11.5 Å². The maximum Gasteiger partial charge on any atom is 0.274 e. The SMILES string of the molecule is CCl.CN(C)CCOc1ccc2[nH]c(C(=O)N3CCc4c3cc(O)c3ccccc43)cc2c1. The first kappa shape index (κ1) is 23.0. The number of phenols is 1. The van der Waals surface area contributed by atoms with E-state index in [1.54, 1.807) is 11.0 Å². The predicted octanol–water partition coefficient (Wildman–Crippen LogP) is 5.03. The van der Waals surface area contributed by atoms with E-state index in [0.29, 0.717) is 18.8 Å². The highest BCUT2D eigenvalue weighted by Gasteiger charge is 2.29. The number of carbonyl (C=O) groups excluding carboxylic acids is 1. The van der Waals surface area contributed by atoms with Gasteiger partial charge in [-0.05, 0) is 55.7 Å². The first-order chi connectivity index (χ1) is 16.0. The number of rotatable bonds is 5. The third kappa shape index (κ3) is 4.49. The Morgan fingerprint density at radius 2 is 1.88 bits per heavy atom. The molecule has 2 N–H and O–H groups in total. The summed E-state index contributed by atoms with van der Waals surface area (Å²) in [7, 11) is 4.02. The number of hydrogen-bond donors (Lipinski definition) is 2. The van der Waals surface area contributed by atoms with Gasteiger partial charge in [-0.2, -0.15) is 0 Å². The lowest BCUT2D eigenvalue weighted by molar-refractivity contribution is 0.0985. The van der Waals surface area contributed by atoms with Crippen molar-refractivity contribution in [2.75, 3.05) is 45.1 Å². The molecule has 0 aliphatic carbocycles. The first-order valence-electron chi connectivity index (χ1n) is 10.8. The number of nitrogens with one attached hydrogen (secondary N) is 1. The minimum Gasteiger partial charge on any atom is -0.507 e. The van der Waals surface area contributed by atoms with E-state index in [1.165, 1.54) is 6.38 Å². The van der Waals surface area contributed by atoms with Gasteiger partial charge in [0.05, 0.1) is 5.69 Å². The molecule has 0 saturated carbocycles. The van der Waals surface area contributed by atoms with E-state index in [1.807, 2.05) is 62.6 Å². The lowest BCUT2D eigenvalue weighted by Gasteiger charge is -2.17. The Kier molecular flexibility index (Phi) is 6.77. The van der Waals surface area contributed by atoms with Gasteiger partial charge in [0, 0.05) is 41.8 Å². The van der Waals surface area contributed by atoms with Crippen molar-refractivity contribution in [1.29, 1.82) is 0 Å². The number of amides is 1. The second-order valence-corrected chi connectivity index (χ2v) is 8.23. The molecule has 0 bridgehead atoms. The van der Waals surface area contributed by atoms with Crippen molar-refractivity contribution in [3.63, 3.8) is 0 Å². The lowest BCUT2D eigenvalue weighted by Crippen LogP contribution is -2.29. The van der Waals surface area contributed by atoms with Crippen LogP contribution in [-0.2, 0) is 6.42 Å². The molecular weight excluding hydrogens is 438 g/mol. The lowest BCUT2D eigenvalue weighted by atomic mass is 10.0. The number of likely N-dealkylation sites (N-methyl/N-ethyl adjacent to an activating group) is 1. The number of aromatic amines is 1. The Hall–Kier alpha value is -3.22. The number of phenolic OH excluding ortho intramolecular Hbond substituents is 1. The van der Waals surface area contributed by atoms with Gasteiger partial charge in [-0.3, -0.25) is 4.79 Å². The molecule has 0 radical (unpaired) electrons. The minimum atomic E-state index is -0.0975. The van der Waals surface area contributed by atoms with E-state index in [2.05, 4.69) is 21.5 Å². The number of fused-ring (bicyclic) bond motifs is 4. The summed E-state index contributed by atoms with van der Waals surface area (Å²) in [6, 6.07) is 17.2. The van der Waals surface area contributed by atoms with Crippen molar-refractivity contribution >= 4 is 44.9 Å². The fourth-order valence-corrected chi connectivity index (χ4v) is 4.27. The molecule has 4 aromatic rings. The third-order valence-electron chi connectivity index (χ3n) is 5.86. The van der Waals surface area contributed by atoms with Crippen molar-refractivity contribution in [1.82, 2.24) is 9.88 Å². The smallest absolute Gasteiger partial charge is 0.274 e. The molecule has 0 fully saturated rings. The Morgan fingerprint density at radius 1 is 1.12 bits per heavy atom. The fourth-order valence-electron chi connectivity index (χ4n) is 4.27. The Balaban J connectivity index is 0.00000126. The van der Waals surface area contributed by atoms with Crippen LogP contribution in [0.25, 0.3) is 21.7 Å². The number of hydrogen-bond acceptors (Lipinski definition) is 4. The summed E-state index contributed by atoms with van der Waals surface area (Å²) in [5.41, 5.74) is 3.31. The molecule has 6 nitrogen and oxygen atoms in total. The van der Waals surface area contributed by atoms with Crippen molar-refractivity contribution in [3.05, 3.63) is 65.9 Å². The number of aromatic hydroxyl groups is 1. The zero-order valence-corrected chi connectivity index (χ0v) is 19.8. The fraction of sp³-hybridized carbons (Fsp3) is 0.269. The van der Waals surface area contributed by atoms with Crippen molar-refractivity contribution in [2.45, 2.75) is 6.42 Å². The number of H-pyrrole nitrogens is 1. The Bertz CT molecular complexity index is 1300. The van der Waals surface area contributed by atoms with Gasteiger partial charge >= 0.3 is 0 Å². The number of benzene rings is 3. The molecule has 1 amide bonds. The molecule has 172 valence electrons. The van der Waals surface area contributed by atoms with E-state index in [9.17, 15) is 9.90 Å². The Labute approximate surface area is 198 Å². The van der Waals surface area contributed by atoms with Gasteiger partial charge in [0.25, 0.3) is 5.91 Å². The quantitative estimate of drug-likeness (QED) is 0.406.